The topological polar surface area (TPSA) is 107 Å². The van der Waals surface area contributed by atoms with Gasteiger partial charge in [0.1, 0.15) is 0 Å². The van der Waals surface area contributed by atoms with E-state index in [9.17, 15) is 13.6 Å². The fraction of sp³-hybridized carbons (Fsp3) is 0.125. The van der Waals surface area contributed by atoms with Crippen LogP contribution in [-0.2, 0) is 8.53 Å². The third kappa shape index (κ3) is 3.02. The molecule has 0 aliphatic rings. The van der Waals surface area contributed by atoms with Crippen molar-refractivity contribution < 1.29 is 21.8 Å². The summed E-state index contributed by atoms with van der Waals surface area (Å²) in [5.74, 6) is -1.04. The number of halogens is 1. The summed E-state index contributed by atoms with van der Waals surface area (Å²) in [6.07, 6.45) is 0. The van der Waals surface area contributed by atoms with E-state index < -0.39 is 30.2 Å². The van der Waals surface area contributed by atoms with E-state index in [0.29, 0.717) is 0 Å². The van der Waals surface area contributed by atoms with E-state index in [2.05, 4.69) is 5.32 Å². The fourth-order valence-corrected chi connectivity index (χ4v) is 3.10. The van der Waals surface area contributed by atoms with Crippen molar-refractivity contribution in [2.24, 2.45) is 0 Å². The molecule has 0 aliphatic heterocycles. The molecule has 0 saturated carbocycles. The summed E-state index contributed by atoms with van der Waals surface area (Å²) in [5, 5.41) is 11.6. The molecule has 8 heteroatoms. The molecule has 0 aliphatic carbocycles. The van der Waals surface area contributed by atoms with Gasteiger partial charge in [-0.2, -0.15) is 0 Å². The zero-order valence-electron chi connectivity index (χ0n) is 8.14. The van der Waals surface area contributed by atoms with Crippen LogP contribution in [0.2, 0.25) is 5.02 Å². The van der Waals surface area contributed by atoms with Crippen molar-refractivity contribution >= 4 is 41.7 Å². The fourth-order valence-electron chi connectivity index (χ4n) is 1.11. The van der Waals surface area contributed by atoms with Crippen molar-refractivity contribution in [3.63, 3.8) is 0 Å². The van der Waals surface area contributed by atoms with E-state index in [0.717, 1.165) is 19.1 Å². The second-order valence-electron chi connectivity index (χ2n) is 3.04. The number of carbonyl (C=O) groups excluding carboxylic acids is 1. The van der Waals surface area contributed by atoms with E-state index in [-0.39, 0.29) is 10.7 Å². The molecular weight excluding hydrogens is 300 g/mol. The molecule has 0 saturated heterocycles. The van der Waals surface area contributed by atoms with Crippen LogP contribution in [0, 0.1) is 0 Å². The molecule has 1 rings (SSSR count). The van der Waals surface area contributed by atoms with Crippen LogP contribution in [0.1, 0.15) is 6.92 Å². The van der Waals surface area contributed by atoms with Gasteiger partial charge in [0.15, 0.2) is 0 Å². The maximum absolute atomic E-state index is 11.2. The van der Waals surface area contributed by atoms with E-state index in [1.807, 2.05) is 0 Å². The van der Waals surface area contributed by atoms with Gasteiger partial charge >= 0.3 is 98.7 Å². The van der Waals surface area contributed by atoms with Crippen molar-refractivity contribution in [2.45, 2.75) is 6.92 Å². The van der Waals surface area contributed by atoms with Gasteiger partial charge in [0, 0.05) is 0 Å². The van der Waals surface area contributed by atoms with Crippen LogP contribution < -0.4 is 9.67 Å². The standard InChI is InChI=1S/C8H9AsClNO5/c1-4(12)11-8-6(9(14,15)16)2-5(10)3-7(8)13/h2-3,13H,1H3,(H,11,12)(H2,14,15,16). The molecule has 1 amide bonds. The zero-order valence-corrected chi connectivity index (χ0v) is 10.8. The summed E-state index contributed by atoms with van der Waals surface area (Å²) in [7, 11) is 0. The average molecular weight is 310 g/mol. The van der Waals surface area contributed by atoms with E-state index in [1.54, 1.807) is 0 Å². The molecule has 1 aromatic carbocycles. The second kappa shape index (κ2) is 4.51. The molecule has 88 valence electrons. The number of nitrogens with one attached hydrogen (secondary N) is 1. The van der Waals surface area contributed by atoms with Crippen molar-refractivity contribution in [3.8, 4) is 5.75 Å². The van der Waals surface area contributed by atoms with Crippen molar-refractivity contribution in [1.29, 1.82) is 0 Å². The molecule has 0 radical (unpaired) electrons. The average Bonchev–Trinajstić information content (AvgIpc) is 2.06. The van der Waals surface area contributed by atoms with Gasteiger partial charge in [0.2, 0.25) is 0 Å². The van der Waals surface area contributed by atoms with Gasteiger partial charge in [-0.15, -0.1) is 0 Å². The summed E-state index contributed by atoms with van der Waals surface area (Å²) in [6.45, 7) is 1.16. The summed E-state index contributed by atoms with van der Waals surface area (Å²) >= 11 is 0.295. The SMILES string of the molecule is CC(=O)Nc1c(O)cc(Cl)cc1[As](=O)(O)O. The quantitative estimate of drug-likeness (QED) is 0.438. The van der Waals surface area contributed by atoms with Crippen molar-refractivity contribution in [3.05, 3.63) is 17.2 Å². The summed E-state index contributed by atoms with van der Waals surface area (Å²) in [4.78, 5) is 10.8. The van der Waals surface area contributed by atoms with Gasteiger partial charge in [-0.1, -0.05) is 0 Å². The Morgan fingerprint density at radius 3 is 2.44 bits per heavy atom. The van der Waals surface area contributed by atoms with Crippen LogP contribution in [0.3, 0.4) is 0 Å². The first-order chi connectivity index (χ1) is 7.21. The molecule has 0 bridgehead atoms. The third-order valence-corrected chi connectivity index (χ3v) is 3.95. The number of phenols is 1. The Bertz CT molecular complexity index is 484. The molecule has 0 fully saturated rings. The van der Waals surface area contributed by atoms with Gasteiger partial charge in [-0.25, -0.2) is 0 Å². The summed E-state index contributed by atoms with van der Waals surface area (Å²) in [5.41, 5.74) is -0.301. The molecule has 0 unspecified atom stereocenters. The minimum atomic E-state index is -5.26. The van der Waals surface area contributed by atoms with Crippen molar-refractivity contribution in [1.82, 2.24) is 0 Å². The first-order valence-corrected chi connectivity index (χ1v) is 7.84. The third-order valence-electron chi connectivity index (χ3n) is 1.68. The summed E-state index contributed by atoms with van der Waals surface area (Å²) in [6, 6.07) is 2.11. The van der Waals surface area contributed by atoms with Gasteiger partial charge in [0.05, 0.1) is 0 Å². The van der Waals surface area contributed by atoms with Crippen LogP contribution in [0.25, 0.3) is 0 Å². The first-order valence-electron chi connectivity index (χ1n) is 4.08. The molecule has 0 spiro atoms. The zero-order chi connectivity index (χ0) is 12.5. The number of amides is 1. The number of aromatic hydroxyl groups is 1. The number of phenolic OH excluding ortho intramolecular Hbond substituents is 1. The van der Waals surface area contributed by atoms with Crippen LogP contribution in [0.5, 0.6) is 5.75 Å². The number of anilines is 1. The molecular formula is C8H9AsClNO5. The Morgan fingerprint density at radius 1 is 1.44 bits per heavy atom. The van der Waals surface area contributed by atoms with Gasteiger partial charge in [-0.05, 0) is 0 Å². The number of carbonyl (C=O) groups is 1. The summed E-state index contributed by atoms with van der Waals surface area (Å²) < 4.78 is 28.9. The number of rotatable bonds is 2. The number of benzene rings is 1. The van der Waals surface area contributed by atoms with E-state index in [4.69, 9.17) is 19.8 Å². The monoisotopic (exact) mass is 309 g/mol. The predicted octanol–water partition coefficient (Wildman–Crippen LogP) is -0.435. The van der Waals surface area contributed by atoms with Gasteiger partial charge < -0.3 is 0 Å². The Hall–Kier alpha value is -0.942. The number of hydrogen-bond donors (Lipinski definition) is 4. The Kier molecular flexibility index (Phi) is 3.70. The van der Waals surface area contributed by atoms with Crippen LogP contribution in [0.4, 0.5) is 5.69 Å². The molecule has 6 nitrogen and oxygen atoms in total. The van der Waals surface area contributed by atoms with Gasteiger partial charge in [0.25, 0.3) is 0 Å². The first kappa shape index (κ1) is 13.1. The molecule has 0 atom stereocenters. The maximum atomic E-state index is 11.2. The Balaban J connectivity index is 3.44. The van der Waals surface area contributed by atoms with Gasteiger partial charge in [-0.3, -0.25) is 0 Å². The van der Waals surface area contributed by atoms with Crippen molar-refractivity contribution in [2.75, 3.05) is 5.32 Å². The minimum absolute atomic E-state index is 0.0219. The Morgan fingerprint density at radius 2 is 2.00 bits per heavy atom. The van der Waals surface area contributed by atoms with Crippen LogP contribution in [0.15, 0.2) is 12.1 Å². The van der Waals surface area contributed by atoms with Crippen LogP contribution in [-0.4, -0.2) is 33.4 Å². The normalized spacial score (nSPS) is 11.2. The second-order valence-corrected chi connectivity index (χ2v) is 6.77. The van der Waals surface area contributed by atoms with Crippen LogP contribution >= 0.6 is 11.6 Å². The predicted molar refractivity (Wildman–Crippen MR) is 57.9 cm³/mol. The Labute approximate surface area is 98.9 Å². The molecule has 16 heavy (non-hydrogen) atoms. The van der Waals surface area contributed by atoms with E-state index in [1.165, 1.54) is 0 Å². The molecule has 4 N–H and O–H groups in total. The number of hydrogen-bond acceptors (Lipinski definition) is 3. The molecule has 1 aromatic rings. The van der Waals surface area contributed by atoms with E-state index >= 15 is 0 Å². The molecule has 0 aromatic heterocycles. The molecule has 0 heterocycles.